The van der Waals surface area contributed by atoms with Crippen LogP contribution in [0.15, 0.2) is 35.7 Å². The lowest BCUT2D eigenvalue weighted by molar-refractivity contribution is -0.384. The number of nitrogens with one attached hydrogen (secondary N) is 1. The summed E-state index contributed by atoms with van der Waals surface area (Å²) in [4.78, 5) is 13.6. The molecule has 0 spiro atoms. The Morgan fingerprint density at radius 3 is 2.71 bits per heavy atom. The molecule has 0 aliphatic rings. The topological polar surface area (TPSA) is 58.4 Å². The van der Waals surface area contributed by atoms with Gasteiger partial charge in [-0.15, -0.1) is 11.3 Å². The van der Waals surface area contributed by atoms with Crippen molar-refractivity contribution in [3.8, 4) is 0 Å². The molecule has 7 heteroatoms. The average Bonchev–Trinajstić information content (AvgIpc) is 2.93. The minimum absolute atomic E-state index is 0.00651. The molecule has 0 unspecified atom stereocenters. The van der Waals surface area contributed by atoms with E-state index < -0.39 is 4.92 Å². The molecule has 2 rings (SSSR count). The predicted octanol–water partition coefficient (Wildman–Crippen LogP) is 4.02. The second-order valence-corrected chi connectivity index (χ2v) is 6.18. The van der Waals surface area contributed by atoms with Gasteiger partial charge in [-0.1, -0.05) is 17.7 Å². The normalized spacial score (nSPS) is 12.4. The predicted molar refractivity (Wildman–Crippen MR) is 87.3 cm³/mol. The number of likely N-dealkylation sites (N-methyl/N-ethyl adjacent to an activating group) is 1. The van der Waals surface area contributed by atoms with E-state index in [-0.39, 0.29) is 11.7 Å². The summed E-state index contributed by atoms with van der Waals surface area (Å²) in [6.07, 6.45) is 0. The number of hydrogen-bond donors (Lipinski definition) is 1. The highest BCUT2D eigenvalue weighted by Crippen LogP contribution is 2.29. The van der Waals surface area contributed by atoms with Gasteiger partial charge < -0.3 is 10.2 Å². The van der Waals surface area contributed by atoms with Crippen LogP contribution >= 0.6 is 22.9 Å². The molecule has 1 N–H and O–H groups in total. The maximum atomic E-state index is 10.7. The highest BCUT2D eigenvalue weighted by molar-refractivity contribution is 7.10. The first kappa shape index (κ1) is 15.8. The molecule has 1 heterocycles. The smallest absolute Gasteiger partial charge is 0.271 e. The van der Waals surface area contributed by atoms with Crippen molar-refractivity contribution in [2.75, 3.05) is 26.0 Å². The molecule has 2 aromatic rings. The standard InChI is InChI=1S/C14H16ClN3O2S/c1-17(2)13(14-4-3-7-21-14)9-16-12-6-5-10(18(19)20)8-11(12)15/h3-8,13,16H,9H2,1-2H3/t13-/m1/s1. The Morgan fingerprint density at radius 2 is 2.19 bits per heavy atom. The number of halogens is 1. The van der Waals surface area contributed by atoms with Gasteiger partial charge in [-0.3, -0.25) is 10.1 Å². The quantitative estimate of drug-likeness (QED) is 0.643. The summed E-state index contributed by atoms with van der Waals surface area (Å²) in [6, 6.07) is 8.78. The lowest BCUT2D eigenvalue weighted by atomic mass is 10.2. The zero-order valence-electron chi connectivity index (χ0n) is 11.7. The molecule has 1 aromatic heterocycles. The van der Waals surface area contributed by atoms with Crippen LogP contribution in [0.3, 0.4) is 0 Å². The molecule has 0 aliphatic carbocycles. The van der Waals surface area contributed by atoms with Gasteiger partial charge in [0.15, 0.2) is 0 Å². The van der Waals surface area contributed by atoms with Crippen molar-refractivity contribution in [3.63, 3.8) is 0 Å². The summed E-state index contributed by atoms with van der Waals surface area (Å²) >= 11 is 7.78. The fourth-order valence-electron chi connectivity index (χ4n) is 1.99. The molecule has 0 radical (unpaired) electrons. The Kier molecular flexibility index (Phi) is 5.17. The van der Waals surface area contributed by atoms with E-state index in [0.717, 1.165) is 0 Å². The third-order valence-corrected chi connectivity index (χ3v) is 4.43. The van der Waals surface area contributed by atoms with Crippen LogP contribution in [0.25, 0.3) is 0 Å². The average molecular weight is 326 g/mol. The molecular formula is C14H16ClN3O2S. The summed E-state index contributed by atoms with van der Waals surface area (Å²) in [6.45, 7) is 0.672. The Hall–Kier alpha value is -1.63. The van der Waals surface area contributed by atoms with Crippen molar-refractivity contribution in [2.24, 2.45) is 0 Å². The van der Waals surface area contributed by atoms with Crippen LogP contribution in [0.1, 0.15) is 10.9 Å². The first-order chi connectivity index (χ1) is 9.99. The minimum atomic E-state index is -0.454. The third kappa shape index (κ3) is 3.93. The number of rotatable bonds is 6. The lowest BCUT2D eigenvalue weighted by Gasteiger charge is -2.24. The fourth-order valence-corrected chi connectivity index (χ4v) is 3.15. The summed E-state index contributed by atoms with van der Waals surface area (Å²) in [7, 11) is 4.03. The monoisotopic (exact) mass is 325 g/mol. The molecule has 0 amide bonds. The lowest BCUT2D eigenvalue weighted by Crippen LogP contribution is -2.26. The van der Waals surface area contributed by atoms with Crippen LogP contribution in [0.4, 0.5) is 11.4 Å². The zero-order chi connectivity index (χ0) is 15.4. The second-order valence-electron chi connectivity index (χ2n) is 4.80. The van der Waals surface area contributed by atoms with E-state index in [2.05, 4.69) is 16.3 Å². The van der Waals surface area contributed by atoms with Crippen molar-refractivity contribution in [3.05, 3.63) is 55.7 Å². The van der Waals surface area contributed by atoms with Crippen LogP contribution in [0, 0.1) is 10.1 Å². The van der Waals surface area contributed by atoms with Gasteiger partial charge in [0.25, 0.3) is 5.69 Å². The molecule has 0 saturated carbocycles. The van der Waals surface area contributed by atoms with E-state index in [9.17, 15) is 10.1 Å². The largest absolute Gasteiger partial charge is 0.382 e. The van der Waals surface area contributed by atoms with E-state index in [4.69, 9.17) is 11.6 Å². The number of non-ortho nitro benzene ring substituents is 1. The number of nitrogens with zero attached hydrogens (tertiary/aromatic N) is 2. The SMILES string of the molecule is CN(C)[C@H](CNc1ccc([N+](=O)[O-])cc1Cl)c1cccs1. The number of nitro benzene ring substituents is 1. The Labute approximate surface area is 132 Å². The summed E-state index contributed by atoms with van der Waals surface area (Å²) < 4.78 is 0. The van der Waals surface area contributed by atoms with Crippen LogP contribution in [-0.2, 0) is 0 Å². The molecule has 1 aromatic carbocycles. The highest BCUT2D eigenvalue weighted by atomic mass is 35.5. The van der Waals surface area contributed by atoms with Crippen molar-refractivity contribution in [1.29, 1.82) is 0 Å². The molecule has 112 valence electrons. The molecule has 0 bridgehead atoms. The number of hydrogen-bond acceptors (Lipinski definition) is 5. The van der Waals surface area contributed by atoms with Crippen molar-refractivity contribution < 1.29 is 4.92 Å². The number of anilines is 1. The van der Waals surface area contributed by atoms with Gasteiger partial charge in [0, 0.05) is 23.6 Å². The second kappa shape index (κ2) is 6.89. The Bertz CT molecular complexity index is 617. The van der Waals surface area contributed by atoms with E-state index in [1.54, 1.807) is 17.4 Å². The van der Waals surface area contributed by atoms with E-state index in [1.807, 2.05) is 25.5 Å². The van der Waals surface area contributed by atoms with E-state index in [0.29, 0.717) is 17.3 Å². The maximum Gasteiger partial charge on any atom is 0.271 e. The first-order valence-electron chi connectivity index (χ1n) is 6.36. The van der Waals surface area contributed by atoms with Crippen LogP contribution < -0.4 is 5.32 Å². The maximum absolute atomic E-state index is 10.7. The van der Waals surface area contributed by atoms with Crippen molar-refractivity contribution >= 4 is 34.3 Å². The van der Waals surface area contributed by atoms with Gasteiger partial charge in [0.2, 0.25) is 0 Å². The molecular weight excluding hydrogens is 310 g/mol. The van der Waals surface area contributed by atoms with Crippen molar-refractivity contribution in [1.82, 2.24) is 4.90 Å². The van der Waals surface area contributed by atoms with Gasteiger partial charge in [0.05, 0.1) is 21.7 Å². The molecule has 21 heavy (non-hydrogen) atoms. The molecule has 0 aliphatic heterocycles. The summed E-state index contributed by atoms with van der Waals surface area (Å²) in [5.74, 6) is 0. The zero-order valence-corrected chi connectivity index (χ0v) is 13.3. The third-order valence-electron chi connectivity index (χ3n) is 3.14. The van der Waals surface area contributed by atoms with Crippen LogP contribution in [0.2, 0.25) is 5.02 Å². The summed E-state index contributed by atoms with van der Waals surface area (Å²) in [5.41, 5.74) is 0.693. The van der Waals surface area contributed by atoms with Gasteiger partial charge in [-0.05, 0) is 31.6 Å². The number of nitro groups is 1. The molecule has 0 fully saturated rings. The van der Waals surface area contributed by atoms with Gasteiger partial charge in [-0.25, -0.2) is 0 Å². The minimum Gasteiger partial charge on any atom is -0.382 e. The van der Waals surface area contributed by atoms with Crippen LogP contribution in [-0.4, -0.2) is 30.5 Å². The fraction of sp³-hybridized carbons (Fsp3) is 0.286. The molecule has 5 nitrogen and oxygen atoms in total. The Morgan fingerprint density at radius 1 is 1.43 bits per heavy atom. The number of thiophene rings is 1. The van der Waals surface area contributed by atoms with Gasteiger partial charge >= 0.3 is 0 Å². The van der Waals surface area contributed by atoms with Gasteiger partial charge in [0.1, 0.15) is 0 Å². The molecule has 1 atom stereocenters. The van der Waals surface area contributed by atoms with Crippen LogP contribution in [0.5, 0.6) is 0 Å². The number of benzene rings is 1. The van der Waals surface area contributed by atoms with E-state index in [1.165, 1.54) is 17.0 Å². The highest BCUT2D eigenvalue weighted by Gasteiger charge is 2.16. The van der Waals surface area contributed by atoms with E-state index >= 15 is 0 Å². The molecule has 0 saturated heterocycles. The first-order valence-corrected chi connectivity index (χ1v) is 7.62. The Balaban J connectivity index is 2.09. The van der Waals surface area contributed by atoms with Crippen molar-refractivity contribution in [2.45, 2.75) is 6.04 Å². The summed E-state index contributed by atoms with van der Waals surface area (Å²) in [5, 5.41) is 16.4. The van der Waals surface area contributed by atoms with Gasteiger partial charge in [-0.2, -0.15) is 0 Å².